The van der Waals surface area contributed by atoms with Crippen LogP contribution in [0.1, 0.15) is 97.0 Å². The predicted octanol–water partition coefficient (Wildman–Crippen LogP) is 4.87. The summed E-state index contributed by atoms with van der Waals surface area (Å²) in [5.41, 5.74) is 4.40. The van der Waals surface area contributed by atoms with Gasteiger partial charge in [0.2, 0.25) is 5.95 Å². The van der Waals surface area contributed by atoms with Crippen molar-refractivity contribution in [2.24, 2.45) is 17.8 Å². The molecule has 6 rings (SSSR count). The number of anilines is 2. The monoisotopic (exact) mass is 510 g/mol. The molecule has 2 unspecified atom stereocenters. The second-order valence-electron chi connectivity index (χ2n) is 11.9. The molecule has 0 spiro atoms. The number of carbonyl (C=O) groups excluding carboxylic acids is 1. The molecule has 3 N–H and O–H groups in total. The highest BCUT2D eigenvalue weighted by Crippen LogP contribution is 2.37. The Labute approximate surface area is 219 Å². The number of hydrogen-bond acceptors (Lipinski definition) is 8. The van der Waals surface area contributed by atoms with Gasteiger partial charge in [-0.3, -0.25) is 5.32 Å². The Hall–Kier alpha value is -2.62. The van der Waals surface area contributed by atoms with Crippen LogP contribution in [0.4, 0.5) is 16.6 Å². The molecule has 37 heavy (non-hydrogen) atoms. The fourth-order valence-corrected chi connectivity index (χ4v) is 6.64. The van der Waals surface area contributed by atoms with Crippen LogP contribution in [0.3, 0.4) is 0 Å². The van der Waals surface area contributed by atoms with E-state index >= 15 is 0 Å². The lowest BCUT2D eigenvalue weighted by atomic mass is 9.80. The number of hydrogen-bond donors (Lipinski definition) is 3. The maximum Gasteiger partial charge on any atom is 0.427 e. The highest BCUT2D eigenvalue weighted by Gasteiger charge is 2.34. The van der Waals surface area contributed by atoms with Crippen molar-refractivity contribution in [1.82, 2.24) is 30.3 Å². The van der Waals surface area contributed by atoms with Crippen molar-refractivity contribution in [1.29, 1.82) is 0 Å². The van der Waals surface area contributed by atoms with E-state index < -0.39 is 12.3 Å². The van der Waals surface area contributed by atoms with Crippen LogP contribution in [-0.4, -0.2) is 44.2 Å². The molecule has 4 aliphatic rings. The molecule has 2 aromatic heterocycles. The van der Waals surface area contributed by atoms with Gasteiger partial charge in [-0.1, -0.05) is 33.1 Å². The van der Waals surface area contributed by atoms with E-state index in [-0.39, 0.29) is 0 Å². The Bertz CT molecular complexity index is 1120. The molecule has 202 valence electrons. The van der Waals surface area contributed by atoms with Gasteiger partial charge in [-0.2, -0.15) is 4.98 Å². The lowest BCUT2D eigenvalue weighted by Gasteiger charge is -2.33. The summed E-state index contributed by atoms with van der Waals surface area (Å²) >= 11 is 0. The molecule has 1 amide bonds. The fraction of sp³-hybridized carbons (Fsp3) is 0.778. The largest absolute Gasteiger partial charge is 0.427 e. The van der Waals surface area contributed by atoms with Crippen molar-refractivity contribution in [3.05, 3.63) is 5.82 Å². The van der Waals surface area contributed by atoms with Crippen molar-refractivity contribution in [3.63, 3.8) is 0 Å². The highest BCUT2D eigenvalue weighted by molar-refractivity contribution is 5.86. The van der Waals surface area contributed by atoms with E-state index in [1.165, 1.54) is 57.8 Å². The molecular formula is C27H42N8O2. The summed E-state index contributed by atoms with van der Waals surface area (Å²) < 4.78 is 2.43. The molecule has 2 saturated carbocycles. The minimum Gasteiger partial charge on any atom is -0.365 e. The molecule has 2 aliphatic heterocycles. The van der Waals surface area contributed by atoms with Gasteiger partial charge in [0.15, 0.2) is 23.5 Å². The Morgan fingerprint density at radius 3 is 2.57 bits per heavy atom. The maximum absolute atomic E-state index is 11.7. The summed E-state index contributed by atoms with van der Waals surface area (Å²) in [4.78, 5) is 34.2. The van der Waals surface area contributed by atoms with E-state index in [9.17, 15) is 4.79 Å². The highest BCUT2D eigenvalue weighted by atomic mass is 16.7. The number of imidazole rings is 1. The van der Waals surface area contributed by atoms with Crippen LogP contribution in [0.25, 0.3) is 11.2 Å². The lowest BCUT2D eigenvalue weighted by molar-refractivity contribution is 0.120. The Morgan fingerprint density at radius 2 is 1.89 bits per heavy atom. The number of hydroxylamine groups is 1. The van der Waals surface area contributed by atoms with E-state index in [1.54, 1.807) is 0 Å². The molecule has 3 atom stereocenters. The third-order valence-electron chi connectivity index (χ3n) is 9.29. The molecule has 0 bridgehead atoms. The summed E-state index contributed by atoms with van der Waals surface area (Å²) in [5, 5.41) is 6.52. The van der Waals surface area contributed by atoms with Gasteiger partial charge in [-0.05, 0) is 69.6 Å². The first-order valence-electron chi connectivity index (χ1n) is 14.5. The van der Waals surface area contributed by atoms with Crippen LogP contribution in [0, 0.1) is 17.8 Å². The molecule has 0 aromatic carbocycles. The van der Waals surface area contributed by atoms with Gasteiger partial charge >= 0.3 is 6.09 Å². The number of carbonyl (C=O) groups is 1. The van der Waals surface area contributed by atoms with Gasteiger partial charge < -0.3 is 19.6 Å². The van der Waals surface area contributed by atoms with Crippen LogP contribution in [0.15, 0.2) is 0 Å². The van der Waals surface area contributed by atoms with Gasteiger partial charge in [0.05, 0.1) is 0 Å². The molecule has 10 nitrogen and oxygen atoms in total. The van der Waals surface area contributed by atoms with Crippen molar-refractivity contribution in [2.45, 2.75) is 110 Å². The molecule has 10 heteroatoms. The topological polar surface area (TPSA) is 109 Å². The zero-order valence-corrected chi connectivity index (χ0v) is 22.5. The second kappa shape index (κ2) is 10.3. The van der Waals surface area contributed by atoms with Gasteiger partial charge in [0, 0.05) is 25.2 Å². The average molecular weight is 511 g/mol. The zero-order chi connectivity index (χ0) is 25.5. The number of fused-ring (bicyclic) bond motifs is 1. The van der Waals surface area contributed by atoms with Crippen LogP contribution in [0.5, 0.6) is 0 Å². The molecule has 0 radical (unpaired) electrons. The minimum atomic E-state index is -0.597. The standard InChI is InChI=1S/C27H42N8O2/c1-4-20-9-6-14-34(20)26-31-23-21(35(26)15-18-12-10-16(2)11-13-18)22(28-17(3)19-7-5-8-19)29-24(30-23)25-32-27(36)37-33-25/h16-20,25,33H,4-15H2,1-3H3,(H,32,36)(H,28,29,30)/t16?,17-,18?,20?,25?/m1/s1. The number of rotatable bonds is 8. The van der Waals surface area contributed by atoms with E-state index in [2.05, 4.69) is 46.4 Å². The van der Waals surface area contributed by atoms with E-state index in [1.807, 2.05) is 0 Å². The molecule has 2 saturated heterocycles. The van der Waals surface area contributed by atoms with Gasteiger partial charge in [0.1, 0.15) is 5.52 Å². The van der Waals surface area contributed by atoms with E-state index in [4.69, 9.17) is 19.8 Å². The third kappa shape index (κ3) is 4.84. The Morgan fingerprint density at radius 1 is 1.08 bits per heavy atom. The summed E-state index contributed by atoms with van der Waals surface area (Å²) in [6.07, 6.45) is 11.3. The quantitative estimate of drug-likeness (QED) is 0.461. The van der Waals surface area contributed by atoms with Crippen molar-refractivity contribution in [3.8, 4) is 0 Å². The smallest absolute Gasteiger partial charge is 0.365 e. The van der Waals surface area contributed by atoms with E-state index in [0.29, 0.717) is 35.4 Å². The SMILES string of the molecule is CCC1CCCN1c1nc2nc(C3NOC(=O)N3)nc(N[C@H](C)C3CCC3)c2n1CC1CCC(C)CC1. The van der Waals surface area contributed by atoms with Gasteiger partial charge in [-0.25, -0.2) is 14.8 Å². The van der Waals surface area contributed by atoms with E-state index in [0.717, 1.165) is 42.7 Å². The number of aromatic nitrogens is 4. The van der Waals surface area contributed by atoms with Crippen LogP contribution < -0.4 is 21.0 Å². The fourth-order valence-electron chi connectivity index (χ4n) is 6.64. The first-order chi connectivity index (χ1) is 18.0. The van der Waals surface area contributed by atoms with Crippen LogP contribution in [-0.2, 0) is 11.4 Å². The summed E-state index contributed by atoms with van der Waals surface area (Å²) in [5.74, 6) is 4.43. The zero-order valence-electron chi connectivity index (χ0n) is 22.5. The Balaban J connectivity index is 1.45. The molecule has 4 fully saturated rings. The molecule has 4 heterocycles. The predicted molar refractivity (Wildman–Crippen MR) is 143 cm³/mol. The number of nitrogens with one attached hydrogen (secondary N) is 3. The first-order valence-corrected chi connectivity index (χ1v) is 14.5. The average Bonchev–Trinajstić information content (AvgIpc) is 3.57. The second-order valence-corrected chi connectivity index (χ2v) is 11.9. The van der Waals surface area contributed by atoms with Gasteiger partial charge in [0.25, 0.3) is 0 Å². The molecule has 2 aromatic rings. The van der Waals surface area contributed by atoms with Crippen LogP contribution >= 0.6 is 0 Å². The summed E-state index contributed by atoms with van der Waals surface area (Å²) in [6, 6.07) is 0.809. The lowest BCUT2D eigenvalue weighted by Crippen LogP contribution is -2.33. The van der Waals surface area contributed by atoms with Crippen molar-refractivity contribution in [2.75, 3.05) is 16.8 Å². The number of nitrogens with zero attached hydrogens (tertiary/aromatic N) is 5. The first kappa shape index (κ1) is 24.7. The molecular weight excluding hydrogens is 468 g/mol. The minimum absolute atomic E-state index is 0.305. The number of amides is 1. The third-order valence-corrected chi connectivity index (χ3v) is 9.29. The van der Waals surface area contributed by atoms with Gasteiger partial charge in [-0.15, -0.1) is 5.48 Å². The molecule has 2 aliphatic carbocycles. The van der Waals surface area contributed by atoms with Crippen molar-refractivity contribution >= 4 is 29.0 Å². The maximum atomic E-state index is 11.7. The normalized spacial score (nSPS) is 29.3. The van der Waals surface area contributed by atoms with Crippen molar-refractivity contribution < 1.29 is 9.63 Å². The Kier molecular flexibility index (Phi) is 6.86. The summed E-state index contributed by atoms with van der Waals surface area (Å²) in [7, 11) is 0. The van der Waals surface area contributed by atoms with Crippen LogP contribution in [0.2, 0.25) is 0 Å². The summed E-state index contributed by atoms with van der Waals surface area (Å²) in [6.45, 7) is 8.89.